The molecule has 0 saturated carbocycles. The molecule has 2 rings (SSSR count). The number of thioether (sulfide) groups is 1. The highest BCUT2D eigenvalue weighted by molar-refractivity contribution is 8.00. The lowest BCUT2D eigenvalue weighted by atomic mass is 10.1. The number of hydrogen-bond acceptors (Lipinski definition) is 8. The summed E-state index contributed by atoms with van der Waals surface area (Å²) < 4.78 is 5.68. The lowest BCUT2D eigenvalue weighted by Gasteiger charge is -2.22. The van der Waals surface area contributed by atoms with Crippen molar-refractivity contribution >= 4 is 23.7 Å². The van der Waals surface area contributed by atoms with Crippen molar-refractivity contribution in [1.29, 1.82) is 0 Å². The van der Waals surface area contributed by atoms with Crippen LogP contribution in [-0.2, 0) is 0 Å². The minimum atomic E-state index is 0.243. The third-order valence-corrected chi connectivity index (χ3v) is 4.64. The zero-order chi connectivity index (χ0) is 14.4. The first kappa shape index (κ1) is 15.1. The first-order chi connectivity index (χ1) is 9.65. The summed E-state index contributed by atoms with van der Waals surface area (Å²) in [6.45, 7) is 5.68. The molecule has 0 aromatic carbocycles. The molecule has 1 aromatic heterocycles. The summed E-state index contributed by atoms with van der Waals surface area (Å²) in [4.78, 5) is 12.5. The van der Waals surface area contributed by atoms with Gasteiger partial charge in [0, 0.05) is 11.3 Å². The standard InChI is InChI=1S/C12H22N6OS/c1-3-6-19-11-16-9(15-10(17-11)18-13)14-8-12(2)5-4-7-20-12/h3-8,13H2,1-2H3,(H2,14,15,16,17,18). The van der Waals surface area contributed by atoms with Crippen molar-refractivity contribution in [2.45, 2.75) is 37.9 Å². The van der Waals surface area contributed by atoms with Gasteiger partial charge in [-0.1, -0.05) is 6.92 Å². The summed E-state index contributed by atoms with van der Waals surface area (Å²) in [5.41, 5.74) is 2.43. The molecule has 0 bridgehead atoms. The van der Waals surface area contributed by atoms with Crippen LogP contribution in [0.3, 0.4) is 0 Å². The summed E-state index contributed by atoms with van der Waals surface area (Å²) in [6.07, 6.45) is 3.37. The van der Waals surface area contributed by atoms with Gasteiger partial charge in [-0.2, -0.15) is 26.7 Å². The topological polar surface area (TPSA) is 98.0 Å². The van der Waals surface area contributed by atoms with Crippen LogP contribution in [0.1, 0.15) is 33.1 Å². The van der Waals surface area contributed by atoms with Crippen LogP contribution in [0.4, 0.5) is 11.9 Å². The van der Waals surface area contributed by atoms with E-state index in [1.807, 2.05) is 18.7 Å². The molecular weight excluding hydrogens is 276 g/mol. The molecular formula is C12H22N6OS. The normalized spacial score (nSPS) is 21.8. The maximum atomic E-state index is 5.43. The van der Waals surface area contributed by atoms with Gasteiger partial charge < -0.3 is 10.1 Å². The zero-order valence-electron chi connectivity index (χ0n) is 12.0. The van der Waals surface area contributed by atoms with Gasteiger partial charge in [0.15, 0.2) is 0 Å². The number of anilines is 2. The maximum absolute atomic E-state index is 5.43. The molecule has 20 heavy (non-hydrogen) atoms. The van der Waals surface area contributed by atoms with E-state index in [0.717, 1.165) is 13.0 Å². The van der Waals surface area contributed by atoms with Gasteiger partial charge in [0.05, 0.1) is 6.61 Å². The van der Waals surface area contributed by atoms with E-state index < -0.39 is 0 Å². The number of aromatic nitrogens is 3. The molecule has 1 saturated heterocycles. The summed E-state index contributed by atoms with van der Waals surface area (Å²) in [5, 5.41) is 3.26. The Bertz CT molecular complexity index is 438. The second-order valence-electron chi connectivity index (χ2n) is 5.01. The van der Waals surface area contributed by atoms with Gasteiger partial charge in [-0.15, -0.1) is 0 Å². The molecule has 2 heterocycles. The quantitative estimate of drug-likeness (QED) is 0.516. The Labute approximate surface area is 123 Å². The Morgan fingerprint density at radius 1 is 1.35 bits per heavy atom. The van der Waals surface area contributed by atoms with Gasteiger partial charge >= 0.3 is 6.01 Å². The Morgan fingerprint density at radius 3 is 2.80 bits per heavy atom. The highest BCUT2D eigenvalue weighted by Crippen LogP contribution is 2.37. The molecule has 0 amide bonds. The van der Waals surface area contributed by atoms with Crippen LogP contribution in [0.2, 0.25) is 0 Å². The maximum Gasteiger partial charge on any atom is 0.323 e. The first-order valence-corrected chi connectivity index (χ1v) is 7.87. The van der Waals surface area contributed by atoms with Gasteiger partial charge in [0.2, 0.25) is 11.9 Å². The lowest BCUT2D eigenvalue weighted by molar-refractivity contribution is 0.292. The molecule has 0 radical (unpaired) electrons. The molecule has 0 spiro atoms. The zero-order valence-corrected chi connectivity index (χ0v) is 12.8. The second-order valence-corrected chi connectivity index (χ2v) is 6.70. The number of hydrogen-bond donors (Lipinski definition) is 3. The van der Waals surface area contributed by atoms with Gasteiger partial charge in [-0.3, -0.25) is 5.43 Å². The van der Waals surface area contributed by atoms with Crippen molar-refractivity contribution in [2.75, 3.05) is 29.6 Å². The van der Waals surface area contributed by atoms with E-state index in [1.165, 1.54) is 18.6 Å². The van der Waals surface area contributed by atoms with E-state index in [2.05, 4.69) is 32.6 Å². The van der Waals surface area contributed by atoms with E-state index in [9.17, 15) is 0 Å². The number of ether oxygens (including phenoxy) is 1. The minimum Gasteiger partial charge on any atom is -0.463 e. The fourth-order valence-electron chi connectivity index (χ4n) is 2.00. The van der Waals surface area contributed by atoms with Crippen LogP contribution in [0, 0.1) is 0 Å². The number of nitrogen functional groups attached to an aromatic ring is 1. The van der Waals surface area contributed by atoms with E-state index in [-0.39, 0.29) is 4.75 Å². The summed E-state index contributed by atoms with van der Waals surface area (Å²) in [5.74, 6) is 7.39. The number of nitrogens with one attached hydrogen (secondary N) is 2. The largest absolute Gasteiger partial charge is 0.463 e. The van der Waals surface area contributed by atoms with Crippen LogP contribution in [0.5, 0.6) is 6.01 Å². The van der Waals surface area contributed by atoms with E-state index >= 15 is 0 Å². The number of nitrogens with two attached hydrogens (primary N) is 1. The smallest absolute Gasteiger partial charge is 0.323 e. The molecule has 8 heteroatoms. The molecule has 0 aliphatic carbocycles. The molecule has 7 nitrogen and oxygen atoms in total. The number of rotatable bonds is 7. The molecule has 4 N–H and O–H groups in total. The molecule has 1 aliphatic heterocycles. The Morgan fingerprint density at radius 2 is 2.15 bits per heavy atom. The molecule has 1 atom stereocenters. The number of nitrogens with zero attached hydrogens (tertiary/aromatic N) is 3. The SMILES string of the molecule is CCCOc1nc(NN)nc(NCC2(C)CCCS2)n1. The van der Waals surface area contributed by atoms with Crippen LogP contribution in [0.15, 0.2) is 0 Å². The predicted octanol–water partition coefficient (Wildman–Crippen LogP) is 1.64. The predicted molar refractivity (Wildman–Crippen MR) is 82.0 cm³/mol. The Kier molecular flexibility index (Phi) is 5.24. The second kappa shape index (κ2) is 6.94. The van der Waals surface area contributed by atoms with Crippen molar-refractivity contribution in [2.24, 2.45) is 5.84 Å². The van der Waals surface area contributed by atoms with Crippen molar-refractivity contribution < 1.29 is 4.74 Å². The summed E-state index contributed by atoms with van der Waals surface area (Å²) in [7, 11) is 0. The van der Waals surface area contributed by atoms with E-state index in [1.54, 1.807) is 0 Å². The van der Waals surface area contributed by atoms with Crippen LogP contribution in [-0.4, -0.2) is 38.6 Å². The lowest BCUT2D eigenvalue weighted by Crippen LogP contribution is -2.28. The van der Waals surface area contributed by atoms with Gasteiger partial charge in [-0.05, 0) is 31.9 Å². The van der Waals surface area contributed by atoms with Crippen molar-refractivity contribution in [3.63, 3.8) is 0 Å². The third kappa shape index (κ3) is 4.11. The molecule has 1 fully saturated rings. The average molecular weight is 298 g/mol. The van der Waals surface area contributed by atoms with Crippen molar-refractivity contribution in [3.05, 3.63) is 0 Å². The fourth-order valence-corrected chi connectivity index (χ4v) is 3.24. The summed E-state index contributed by atoms with van der Waals surface area (Å²) in [6, 6.07) is 0.293. The van der Waals surface area contributed by atoms with Crippen molar-refractivity contribution in [1.82, 2.24) is 15.0 Å². The van der Waals surface area contributed by atoms with E-state index in [4.69, 9.17) is 10.6 Å². The summed E-state index contributed by atoms with van der Waals surface area (Å²) >= 11 is 1.99. The van der Waals surface area contributed by atoms with Crippen LogP contribution in [0.25, 0.3) is 0 Å². The number of hydrazine groups is 1. The highest BCUT2D eigenvalue weighted by Gasteiger charge is 2.29. The van der Waals surface area contributed by atoms with E-state index in [0.29, 0.717) is 24.5 Å². The average Bonchev–Trinajstić information content (AvgIpc) is 2.90. The van der Waals surface area contributed by atoms with Crippen molar-refractivity contribution in [3.8, 4) is 6.01 Å². The molecule has 1 unspecified atom stereocenters. The van der Waals surface area contributed by atoms with Gasteiger partial charge in [0.1, 0.15) is 0 Å². The molecule has 1 aliphatic rings. The highest BCUT2D eigenvalue weighted by atomic mass is 32.2. The Hall–Kier alpha value is -1.28. The minimum absolute atomic E-state index is 0.243. The monoisotopic (exact) mass is 298 g/mol. The fraction of sp³-hybridized carbons (Fsp3) is 0.750. The van der Waals surface area contributed by atoms with Gasteiger partial charge in [0.25, 0.3) is 0 Å². The van der Waals surface area contributed by atoms with Crippen LogP contribution < -0.4 is 21.3 Å². The Balaban J connectivity index is 2.01. The molecule has 1 aromatic rings. The van der Waals surface area contributed by atoms with Gasteiger partial charge in [-0.25, -0.2) is 5.84 Å². The first-order valence-electron chi connectivity index (χ1n) is 6.88. The third-order valence-electron chi connectivity index (χ3n) is 3.10. The molecule has 112 valence electrons. The van der Waals surface area contributed by atoms with Crippen LogP contribution >= 0.6 is 11.8 Å².